The van der Waals surface area contributed by atoms with Crippen LogP contribution in [-0.2, 0) is 14.3 Å². The molecule has 7 heteroatoms. The molecule has 0 spiro atoms. The number of methoxy groups -OCH3 is 2. The monoisotopic (exact) mass is 320 g/mol. The van der Waals surface area contributed by atoms with Crippen LogP contribution in [0.25, 0.3) is 0 Å². The Bertz CT molecular complexity index is 599. The van der Waals surface area contributed by atoms with Crippen LogP contribution < -0.4 is 10.1 Å². The number of esters is 1. The number of carbonyl (C=O) groups is 3. The van der Waals surface area contributed by atoms with Gasteiger partial charge in [-0.05, 0) is 24.3 Å². The largest absolute Gasteiger partial charge is 0.497 e. The van der Waals surface area contributed by atoms with Crippen LogP contribution in [0.3, 0.4) is 0 Å². The van der Waals surface area contributed by atoms with Gasteiger partial charge in [0.1, 0.15) is 11.8 Å². The number of nitrogens with zero attached hydrogens (tertiary/aromatic N) is 1. The summed E-state index contributed by atoms with van der Waals surface area (Å²) in [6.45, 7) is 1.68. The number of hydrogen-bond donors (Lipinski definition) is 1. The van der Waals surface area contributed by atoms with Crippen molar-refractivity contribution in [2.75, 3.05) is 20.8 Å². The van der Waals surface area contributed by atoms with Gasteiger partial charge in [-0.3, -0.25) is 9.59 Å². The van der Waals surface area contributed by atoms with Crippen LogP contribution in [0.2, 0.25) is 0 Å². The molecule has 23 heavy (non-hydrogen) atoms. The first-order valence-electron chi connectivity index (χ1n) is 7.26. The fourth-order valence-electron chi connectivity index (χ4n) is 2.66. The third-order valence-corrected chi connectivity index (χ3v) is 3.87. The highest BCUT2D eigenvalue weighted by molar-refractivity contribution is 5.94. The molecule has 1 aliphatic rings. The molecule has 2 amide bonds. The highest BCUT2D eigenvalue weighted by atomic mass is 16.5. The fourth-order valence-corrected chi connectivity index (χ4v) is 2.66. The van der Waals surface area contributed by atoms with Crippen LogP contribution in [0.4, 0.5) is 0 Å². The SMILES string of the molecule is COC(=O)[C@@H]1C[C@H](NC(=O)c2ccc(OC)cc2)CN1C(C)=O. The Balaban J connectivity index is 2.03. The van der Waals surface area contributed by atoms with E-state index in [-0.39, 0.29) is 24.4 Å². The second-order valence-electron chi connectivity index (χ2n) is 5.34. The van der Waals surface area contributed by atoms with Gasteiger partial charge in [0.2, 0.25) is 5.91 Å². The molecule has 1 fully saturated rings. The average Bonchev–Trinajstić information content (AvgIpc) is 2.98. The highest BCUT2D eigenvalue weighted by Gasteiger charge is 2.39. The van der Waals surface area contributed by atoms with Crippen LogP contribution in [0.1, 0.15) is 23.7 Å². The van der Waals surface area contributed by atoms with Gasteiger partial charge < -0.3 is 19.7 Å². The van der Waals surface area contributed by atoms with Gasteiger partial charge in [-0.25, -0.2) is 4.79 Å². The van der Waals surface area contributed by atoms with Gasteiger partial charge >= 0.3 is 5.97 Å². The van der Waals surface area contributed by atoms with Crippen molar-refractivity contribution in [3.8, 4) is 5.75 Å². The maximum atomic E-state index is 12.3. The molecule has 0 aromatic heterocycles. The second-order valence-corrected chi connectivity index (χ2v) is 5.34. The van der Waals surface area contributed by atoms with Gasteiger partial charge in [0.15, 0.2) is 0 Å². The summed E-state index contributed by atoms with van der Waals surface area (Å²) in [5.74, 6) is -0.286. The molecule has 2 rings (SSSR count). The standard InChI is InChI=1S/C16H20N2O5/c1-10(19)18-9-12(8-14(18)16(21)23-3)17-15(20)11-4-6-13(22-2)7-5-11/h4-7,12,14H,8-9H2,1-3H3,(H,17,20)/t12-,14-/m0/s1. The zero-order chi connectivity index (χ0) is 17.0. The normalized spacial score (nSPS) is 20.0. The Labute approximate surface area is 134 Å². The van der Waals surface area contributed by atoms with E-state index in [1.807, 2.05) is 0 Å². The summed E-state index contributed by atoms with van der Waals surface area (Å²) in [6, 6.07) is 5.76. The van der Waals surface area contributed by atoms with E-state index in [2.05, 4.69) is 5.32 Å². The van der Waals surface area contributed by atoms with Crippen LogP contribution >= 0.6 is 0 Å². The lowest BCUT2D eigenvalue weighted by Crippen LogP contribution is -2.40. The molecular weight excluding hydrogens is 300 g/mol. The van der Waals surface area contributed by atoms with E-state index in [9.17, 15) is 14.4 Å². The lowest BCUT2D eigenvalue weighted by atomic mass is 10.1. The molecule has 1 saturated heterocycles. The van der Waals surface area contributed by atoms with Crippen molar-refractivity contribution in [2.45, 2.75) is 25.4 Å². The third kappa shape index (κ3) is 3.80. The highest BCUT2D eigenvalue weighted by Crippen LogP contribution is 2.20. The molecule has 0 unspecified atom stereocenters. The minimum atomic E-state index is -0.654. The van der Waals surface area contributed by atoms with Crippen molar-refractivity contribution in [3.05, 3.63) is 29.8 Å². The van der Waals surface area contributed by atoms with E-state index >= 15 is 0 Å². The van der Waals surface area contributed by atoms with Crippen LogP contribution in [0.5, 0.6) is 5.75 Å². The molecule has 0 bridgehead atoms. The first-order valence-corrected chi connectivity index (χ1v) is 7.26. The molecular formula is C16H20N2O5. The Hall–Kier alpha value is -2.57. The van der Waals surface area contributed by atoms with Crippen molar-refractivity contribution in [1.29, 1.82) is 0 Å². The summed E-state index contributed by atoms with van der Waals surface area (Å²) in [6.07, 6.45) is 0.341. The first kappa shape index (κ1) is 16.8. The average molecular weight is 320 g/mol. The lowest BCUT2D eigenvalue weighted by Gasteiger charge is -2.20. The van der Waals surface area contributed by atoms with Crippen molar-refractivity contribution in [3.63, 3.8) is 0 Å². The summed E-state index contributed by atoms with van der Waals surface area (Å²) >= 11 is 0. The number of rotatable bonds is 4. The van der Waals surface area contributed by atoms with Crippen molar-refractivity contribution < 1.29 is 23.9 Å². The van der Waals surface area contributed by atoms with Gasteiger partial charge in [-0.1, -0.05) is 0 Å². The van der Waals surface area contributed by atoms with Gasteiger partial charge in [-0.15, -0.1) is 0 Å². The molecule has 1 heterocycles. The lowest BCUT2D eigenvalue weighted by molar-refractivity contribution is -0.150. The Morgan fingerprint density at radius 1 is 1.17 bits per heavy atom. The van der Waals surface area contributed by atoms with Crippen LogP contribution in [0, 0.1) is 0 Å². The second kappa shape index (κ2) is 7.13. The summed E-state index contributed by atoms with van der Waals surface area (Å²) in [5.41, 5.74) is 0.488. The first-order chi connectivity index (χ1) is 11.0. The number of likely N-dealkylation sites (tertiary alicyclic amines) is 1. The number of benzene rings is 1. The summed E-state index contributed by atoms with van der Waals surface area (Å²) < 4.78 is 9.77. The van der Waals surface area contributed by atoms with E-state index in [0.29, 0.717) is 17.7 Å². The molecule has 124 valence electrons. The van der Waals surface area contributed by atoms with E-state index in [4.69, 9.17) is 9.47 Å². The quantitative estimate of drug-likeness (QED) is 0.821. The minimum Gasteiger partial charge on any atom is -0.497 e. The number of carbonyl (C=O) groups excluding carboxylic acids is 3. The van der Waals surface area contributed by atoms with Crippen LogP contribution in [-0.4, -0.2) is 55.5 Å². The Morgan fingerprint density at radius 3 is 2.35 bits per heavy atom. The van der Waals surface area contributed by atoms with Gasteiger partial charge in [-0.2, -0.15) is 0 Å². The van der Waals surface area contributed by atoms with E-state index < -0.39 is 12.0 Å². The minimum absolute atomic E-state index is 0.221. The van der Waals surface area contributed by atoms with Gasteiger partial charge in [0, 0.05) is 31.5 Å². The molecule has 1 aromatic rings. The van der Waals surface area contributed by atoms with Gasteiger partial charge in [0.05, 0.1) is 14.2 Å². The molecule has 0 radical (unpaired) electrons. The predicted molar refractivity (Wildman–Crippen MR) is 82.1 cm³/mol. The van der Waals surface area contributed by atoms with Crippen molar-refractivity contribution >= 4 is 17.8 Å². The smallest absolute Gasteiger partial charge is 0.328 e. The number of ether oxygens (including phenoxy) is 2. The molecule has 1 aliphatic heterocycles. The molecule has 1 aromatic carbocycles. The predicted octanol–water partition coefficient (Wildman–Crippen LogP) is 0.587. The maximum Gasteiger partial charge on any atom is 0.328 e. The van der Waals surface area contributed by atoms with Crippen LogP contribution in [0.15, 0.2) is 24.3 Å². The summed E-state index contributed by atoms with van der Waals surface area (Å²) in [4.78, 5) is 37.1. The van der Waals surface area contributed by atoms with E-state index in [0.717, 1.165) is 0 Å². The maximum absolute atomic E-state index is 12.3. The third-order valence-electron chi connectivity index (χ3n) is 3.87. The molecule has 1 N–H and O–H groups in total. The molecule has 2 atom stereocenters. The summed E-state index contributed by atoms with van der Waals surface area (Å²) in [5, 5.41) is 2.85. The van der Waals surface area contributed by atoms with E-state index in [1.54, 1.807) is 31.4 Å². The number of nitrogens with one attached hydrogen (secondary N) is 1. The molecule has 7 nitrogen and oxygen atoms in total. The zero-order valence-electron chi connectivity index (χ0n) is 13.4. The van der Waals surface area contributed by atoms with Crippen molar-refractivity contribution in [1.82, 2.24) is 10.2 Å². The Morgan fingerprint density at radius 2 is 1.83 bits per heavy atom. The number of amides is 2. The van der Waals surface area contributed by atoms with Gasteiger partial charge in [0.25, 0.3) is 5.91 Å². The van der Waals surface area contributed by atoms with E-state index in [1.165, 1.54) is 18.9 Å². The number of hydrogen-bond acceptors (Lipinski definition) is 5. The summed E-state index contributed by atoms with van der Waals surface area (Å²) in [7, 11) is 2.83. The zero-order valence-corrected chi connectivity index (χ0v) is 13.4. The van der Waals surface area contributed by atoms with Crippen molar-refractivity contribution in [2.24, 2.45) is 0 Å². The molecule has 0 aliphatic carbocycles. The topological polar surface area (TPSA) is 84.9 Å². The Kier molecular flexibility index (Phi) is 5.20. The fraction of sp³-hybridized carbons (Fsp3) is 0.438. The molecule has 0 saturated carbocycles.